The van der Waals surface area contributed by atoms with E-state index in [1.165, 1.54) is 4.31 Å². The van der Waals surface area contributed by atoms with Gasteiger partial charge in [0.1, 0.15) is 0 Å². The van der Waals surface area contributed by atoms with Crippen molar-refractivity contribution in [2.75, 3.05) is 19.3 Å². The third kappa shape index (κ3) is 5.16. The van der Waals surface area contributed by atoms with Crippen LogP contribution in [0.5, 0.6) is 0 Å². The zero-order valence-electron chi connectivity index (χ0n) is 11.0. The lowest BCUT2D eigenvalue weighted by Crippen LogP contribution is -2.33. The standard InChI is InChI=1S/C13H22N2O2S/c1-12(14)8-10-15(2)18(16,17)11-9-13-6-4-3-5-7-13/h3-7,12H,8-11,14H2,1-2H3. The molecule has 0 fully saturated rings. The van der Waals surface area contributed by atoms with Crippen LogP contribution in [0, 0.1) is 0 Å². The fraction of sp³-hybridized carbons (Fsp3) is 0.538. The fourth-order valence-electron chi connectivity index (χ4n) is 1.57. The topological polar surface area (TPSA) is 63.4 Å². The molecule has 5 heteroatoms. The lowest BCUT2D eigenvalue weighted by atomic mass is 10.2. The molecule has 0 amide bonds. The average molecular weight is 270 g/mol. The zero-order valence-corrected chi connectivity index (χ0v) is 11.9. The van der Waals surface area contributed by atoms with Crippen molar-refractivity contribution in [3.05, 3.63) is 35.9 Å². The summed E-state index contributed by atoms with van der Waals surface area (Å²) >= 11 is 0. The maximum atomic E-state index is 12.0. The summed E-state index contributed by atoms with van der Waals surface area (Å²) in [6.45, 7) is 2.36. The number of nitrogens with two attached hydrogens (primary N) is 1. The minimum absolute atomic E-state index is 0.0248. The molecule has 0 aliphatic heterocycles. The van der Waals surface area contributed by atoms with Crippen LogP contribution in [0.2, 0.25) is 0 Å². The predicted octanol–water partition coefficient (Wildman–Crippen LogP) is 1.23. The molecule has 4 nitrogen and oxygen atoms in total. The molecule has 0 saturated carbocycles. The molecule has 0 saturated heterocycles. The van der Waals surface area contributed by atoms with E-state index >= 15 is 0 Å². The summed E-state index contributed by atoms with van der Waals surface area (Å²) in [7, 11) is -1.56. The first-order valence-corrected chi connectivity index (χ1v) is 7.76. The molecule has 0 bridgehead atoms. The van der Waals surface area contributed by atoms with Crippen LogP contribution in [-0.2, 0) is 16.4 Å². The van der Waals surface area contributed by atoms with Gasteiger partial charge in [0.05, 0.1) is 5.75 Å². The number of hydrogen-bond donors (Lipinski definition) is 1. The Bertz CT molecular complexity index is 443. The molecule has 1 aromatic rings. The number of nitrogens with zero attached hydrogens (tertiary/aromatic N) is 1. The molecular weight excluding hydrogens is 248 g/mol. The van der Waals surface area contributed by atoms with E-state index in [-0.39, 0.29) is 11.8 Å². The number of sulfonamides is 1. The number of aryl methyl sites for hydroxylation is 1. The number of rotatable bonds is 7. The quantitative estimate of drug-likeness (QED) is 0.810. The highest BCUT2D eigenvalue weighted by molar-refractivity contribution is 7.89. The van der Waals surface area contributed by atoms with E-state index in [0.717, 1.165) is 5.56 Å². The highest BCUT2D eigenvalue weighted by Crippen LogP contribution is 2.06. The van der Waals surface area contributed by atoms with Crippen molar-refractivity contribution < 1.29 is 8.42 Å². The minimum Gasteiger partial charge on any atom is -0.328 e. The van der Waals surface area contributed by atoms with Crippen LogP contribution in [0.25, 0.3) is 0 Å². The lowest BCUT2D eigenvalue weighted by molar-refractivity contribution is 0.446. The van der Waals surface area contributed by atoms with Crippen molar-refractivity contribution >= 4 is 10.0 Å². The van der Waals surface area contributed by atoms with Crippen LogP contribution in [0.3, 0.4) is 0 Å². The Hall–Kier alpha value is -0.910. The van der Waals surface area contributed by atoms with Gasteiger partial charge in [-0.2, -0.15) is 0 Å². The van der Waals surface area contributed by atoms with Gasteiger partial charge >= 0.3 is 0 Å². The lowest BCUT2D eigenvalue weighted by Gasteiger charge is -2.18. The summed E-state index contributed by atoms with van der Waals surface area (Å²) < 4.78 is 25.4. The third-order valence-corrected chi connectivity index (χ3v) is 4.72. The molecule has 1 aromatic carbocycles. The Labute approximate surface area is 110 Å². The van der Waals surface area contributed by atoms with E-state index < -0.39 is 10.0 Å². The minimum atomic E-state index is -3.18. The second-order valence-corrected chi connectivity index (χ2v) is 6.83. The first-order valence-electron chi connectivity index (χ1n) is 6.15. The maximum absolute atomic E-state index is 12.0. The molecule has 0 heterocycles. The molecule has 102 valence electrons. The van der Waals surface area contributed by atoms with Gasteiger partial charge in [0.15, 0.2) is 0 Å². The van der Waals surface area contributed by atoms with Crippen LogP contribution in [0.1, 0.15) is 18.9 Å². The van der Waals surface area contributed by atoms with E-state index in [0.29, 0.717) is 19.4 Å². The summed E-state index contributed by atoms with van der Waals surface area (Å²) in [6.07, 6.45) is 1.23. The van der Waals surface area contributed by atoms with Gasteiger partial charge in [-0.25, -0.2) is 12.7 Å². The maximum Gasteiger partial charge on any atom is 0.214 e. The molecule has 1 atom stereocenters. The summed E-state index contributed by atoms with van der Waals surface area (Å²) in [5.41, 5.74) is 6.67. The van der Waals surface area contributed by atoms with Gasteiger partial charge < -0.3 is 5.73 Å². The number of hydrogen-bond acceptors (Lipinski definition) is 3. The second-order valence-electron chi connectivity index (χ2n) is 4.64. The average Bonchev–Trinajstić information content (AvgIpc) is 2.34. The molecule has 1 rings (SSSR count). The first kappa shape index (κ1) is 15.1. The fourth-order valence-corrected chi connectivity index (χ4v) is 2.76. The molecule has 1 unspecified atom stereocenters. The van der Waals surface area contributed by atoms with E-state index in [1.807, 2.05) is 37.3 Å². The summed E-state index contributed by atoms with van der Waals surface area (Å²) in [5.74, 6) is 0.145. The predicted molar refractivity (Wildman–Crippen MR) is 74.8 cm³/mol. The summed E-state index contributed by atoms with van der Waals surface area (Å²) in [6, 6.07) is 9.67. The molecule has 0 aromatic heterocycles. The molecule has 18 heavy (non-hydrogen) atoms. The van der Waals surface area contributed by atoms with Crippen molar-refractivity contribution in [3.63, 3.8) is 0 Å². The molecular formula is C13H22N2O2S. The van der Waals surface area contributed by atoms with Gasteiger partial charge in [-0.3, -0.25) is 0 Å². The van der Waals surface area contributed by atoms with Crippen LogP contribution in [0.15, 0.2) is 30.3 Å². The largest absolute Gasteiger partial charge is 0.328 e. The molecule has 0 radical (unpaired) electrons. The SMILES string of the molecule is CC(N)CCN(C)S(=O)(=O)CCc1ccccc1. The molecule has 0 spiro atoms. The van der Waals surface area contributed by atoms with E-state index in [1.54, 1.807) is 7.05 Å². The first-order chi connectivity index (χ1) is 8.42. The van der Waals surface area contributed by atoms with E-state index in [9.17, 15) is 8.42 Å². The number of benzene rings is 1. The van der Waals surface area contributed by atoms with Crippen LogP contribution in [0.4, 0.5) is 0 Å². The Kier molecular flexibility index (Phi) is 5.78. The molecule has 0 aliphatic rings. The van der Waals surface area contributed by atoms with Crippen molar-refractivity contribution in [2.24, 2.45) is 5.73 Å². The highest BCUT2D eigenvalue weighted by atomic mass is 32.2. The van der Waals surface area contributed by atoms with Gasteiger partial charge in [0, 0.05) is 19.6 Å². The van der Waals surface area contributed by atoms with E-state index in [4.69, 9.17) is 5.73 Å². The van der Waals surface area contributed by atoms with Crippen LogP contribution in [-0.4, -0.2) is 38.1 Å². The van der Waals surface area contributed by atoms with Gasteiger partial charge in [-0.15, -0.1) is 0 Å². The van der Waals surface area contributed by atoms with Crippen molar-refractivity contribution in [1.29, 1.82) is 0 Å². The van der Waals surface area contributed by atoms with Gasteiger partial charge in [0.2, 0.25) is 10.0 Å². The third-order valence-electron chi connectivity index (χ3n) is 2.87. The molecule has 2 N–H and O–H groups in total. The zero-order chi connectivity index (χ0) is 13.6. The van der Waals surface area contributed by atoms with E-state index in [2.05, 4.69) is 0 Å². The Morgan fingerprint density at radius 3 is 2.44 bits per heavy atom. The van der Waals surface area contributed by atoms with Crippen LogP contribution >= 0.6 is 0 Å². The van der Waals surface area contributed by atoms with Gasteiger partial charge in [-0.1, -0.05) is 30.3 Å². The van der Waals surface area contributed by atoms with Gasteiger partial charge in [-0.05, 0) is 25.3 Å². The smallest absolute Gasteiger partial charge is 0.214 e. The Balaban J connectivity index is 2.49. The molecule has 0 aliphatic carbocycles. The van der Waals surface area contributed by atoms with Crippen molar-refractivity contribution in [2.45, 2.75) is 25.8 Å². The monoisotopic (exact) mass is 270 g/mol. The van der Waals surface area contributed by atoms with Crippen molar-refractivity contribution in [3.8, 4) is 0 Å². The Morgan fingerprint density at radius 2 is 1.89 bits per heavy atom. The Morgan fingerprint density at radius 1 is 1.28 bits per heavy atom. The second kappa shape index (κ2) is 6.87. The summed E-state index contributed by atoms with van der Waals surface area (Å²) in [5, 5.41) is 0. The van der Waals surface area contributed by atoms with Crippen LogP contribution < -0.4 is 5.73 Å². The van der Waals surface area contributed by atoms with Gasteiger partial charge in [0.25, 0.3) is 0 Å². The summed E-state index contributed by atoms with van der Waals surface area (Å²) in [4.78, 5) is 0. The van der Waals surface area contributed by atoms with Crippen molar-refractivity contribution in [1.82, 2.24) is 4.31 Å². The highest BCUT2D eigenvalue weighted by Gasteiger charge is 2.17. The normalized spacial score (nSPS) is 13.8.